The zero-order valence-electron chi connectivity index (χ0n) is 23.9. The van der Waals surface area contributed by atoms with Gasteiger partial charge in [-0.15, -0.1) is 11.3 Å². The van der Waals surface area contributed by atoms with E-state index in [4.69, 9.17) is 9.47 Å². The molecule has 0 unspecified atom stereocenters. The van der Waals surface area contributed by atoms with Crippen LogP contribution in [-0.4, -0.2) is 45.9 Å². The molecule has 1 aromatic carbocycles. The van der Waals surface area contributed by atoms with E-state index in [0.717, 1.165) is 20.5 Å². The monoisotopic (exact) mass is 588 g/mol. The molecule has 0 spiro atoms. The molecule has 1 amide bonds. The lowest BCUT2D eigenvalue weighted by molar-refractivity contribution is -0.129. The largest absolute Gasteiger partial charge is 0.496 e. The number of methoxy groups -OCH3 is 1. The van der Waals surface area contributed by atoms with Gasteiger partial charge in [-0.1, -0.05) is 0 Å². The Labute approximate surface area is 239 Å². The first-order chi connectivity index (χ1) is 19.1. The van der Waals surface area contributed by atoms with Crippen molar-refractivity contribution in [2.24, 2.45) is 5.92 Å². The van der Waals surface area contributed by atoms with Crippen LogP contribution < -0.4 is 21.3 Å². The standard InChI is InChI=1S/C28H33FN4O7S/c1-14(2)31-26(37)28(5,6)33-23(34)21-16(4)22(25(35)36)41-24(21)32(27(33)38)12-20(40-13-15(3)11-30)18-10-17(29)8-9-19(18)39-7/h8-10,14-15,20H,12-13H2,1-7H3,(H,31,37)(H,35,36)/t15-,20-/m0/s1. The molecule has 41 heavy (non-hydrogen) atoms. The minimum atomic E-state index is -1.67. The third kappa shape index (κ3) is 6.18. The summed E-state index contributed by atoms with van der Waals surface area (Å²) in [7, 11) is 1.38. The first-order valence-electron chi connectivity index (χ1n) is 12.8. The molecule has 0 aliphatic carbocycles. The van der Waals surface area contributed by atoms with Gasteiger partial charge in [0.1, 0.15) is 32.9 Å². The number of hydrogen-bond acceptors (Lipinski definition) is 8. The van der Waals surface area contributed by atoms with Gasteiger partial charge in [0.15, 0.2) is 0 Å². The SMILES string of the molecule is COc1ccc(F)cc1[C@H](Cn1c(=O)n(C(C)(C)C(=O)NC(C)C)c(=O)c2c(C)c(C(=O)O)sc21)OC[C@@H](C)C#N. The predicted octanol–water partition coefficient (Wildman–Crippen LogP) is 3.56. The minimum Gasteiger partial charge on any atom is -0.496 e. The number of carbonyl (C=O) groups excluding carboxylic acids is 1. The van der Waals surface area contributed by atoms with Gasteiger partial charge in [-0.3, -0.25) is 14.2 Å². The number of ether oxygens (including phenoxy) is 2. The van der Waals surface area contributed by atoms with Gasteiger partial charge < -0.3 is 19.9 Å². The molecule has 3 rings (SSSR count). The maximum atomic E-state index is 14.4. The molecule has 0 saturated heterocycles. The maximum absolute atomic E-state index is 14.4. The number of hydrogen-bond donors (Lipinski definition) is 2. The van der Waals surface area contributed by atoms with E-state index in [1.165, 1.54) is 46.1 Å². The van der Waals surface area contributed by atoms with Gasteiger partial charge in [0.05, 0.1) is 37.6 Å². The molecule has 220 valence electrons. The second-order valence-electron chi connectivity index (χ2n) is 10.5. The summed E-state index contributed by atoms with van der Waals surface area (Å²) in [5, 5.41) is 21.8. The van der Waals surface area contributed by atoms with Crippen molar-refractivity contribution in [2.45, 2.75) is 65.8 Å². The van der Waals surface area contributed by atoms with Gasteiger partial charge in [0.2, 0.25) is 5.91 Å². The zero-order chi connectivity index (χ0) is 30.8. The predicted molar refractivity (Wildman–Crippen MR) is 151 cm³/mol. The van der Waals surface area contributed by atoms with Crippen molar-refractivity contribution in [2.75, 3.05) is 13.7 Å². The highest BCUT2D eigenvalue weighted by Crippen LogP contribution is 2.33. The topological polar surface area (TPSA) is 153 Å². The third-order valence-corrected chi connectivity index (χ3v) is 7.90. The van der Waals surface area contributed by atoms with Gasteiger partial charge >= 0.3 is 11.7 Å². The number of aryl methyl sites for hydroxylation is 1. The number of aromatic carboxylic acids is 1. The minimum absolute atomic E-state index is 0.0345. The Morgan fingerprint density at radius 1 is 1.24 bits per heavy atom. The second kappa shape index (κ2) is 12.2. The summed E-state index contributed by atoms with van der Waals surface area (Å²) < 4.78 is 27.8. The summed E-state index contributed by atoms with van der Waals surface area (Å²) in [6.45, 7) is 9.00. The van der Waals surface area contributed by atoms with Crippen LogP contribution in [0, 0.1) is 30.0 Å². The van der Waals surface area contributed by atoms with E-state index in [0.29, 0.717) is 0 Å². The summed E-state index contributed by atoms with van der Waals surface area (Å²) in [4.78, 5) is 53.0. The Morgan fingerprint density at radius 3 is 2.46 bits per heavy atom. The third-order valence-electron chi connectivity index (χ3n) is 6.60. The van der Waals surface area contributed by atoms with E-state index in [9.17, 15) is 33.9 Å². The van der Waals surface area contributed by atoms with E-state index in [1.54, 1.807) is 20.8 Å². The van der Waals surface area contributed by atoms with Crippen molar-refractivity contribution in [3.8, 4) is 11.8 Å². The van der Waals surface area contributed by atoms with Crippen molar-refractivity contribution in [3.05, 3.63) is 60.9 Å². The summed E-state index contributed by atoms with van der Waals surface area (Å²) >= 11 is 0.741. The molecule has 0 fully saturated rings. The fourth-order valence-corrected chi connectivity index (χ4v) is 5.55. The molecule has 2 heterocycles. The van der Waals surface area contributed by atoms with Crippen LogP contribution >= 0.6 is 11.3 Å². The number of rotatable bonds is 11. The number of thiophene rings is 1. The number of amides is 1. The van der Waals surface area contributed by atoms with Crippen LogP contribution in [0.2, 0.25) is 0 Å². The molecule has 0 saturated carbocycles. The van der Waals surface area contributed by atoms with E-state index >= 15 is 0 Å². The molecule has 0 bridgehead atoms. The molecule has 3 aromatic rings. The van der Waals surface area contributed by atoms with Gasteiger partial charge in [-0.2, -0.15) is 5.26 Å². The van der Waals surface area contributed by atoms with E-state index < -0.39 is 46.5 Å². The normalized spacial score (nSPS) is 13.2. The number of aromatic nitrogens is 2. The van der Waals surface area contributed by atoms with Gasteiger partial charge in [0.25, 0.3) is 5.56 Å². The highest BCUT2D eigenvalue weighted by atomic mass is 32.1. The first kappa shape index (κ1) is 31.5. The summed E-state index contributed by atoms with van der Waals surface area (Å²) in [6.07, 6.45) is -1.06. The van der Waals surface area contributed by atoms with E-state index in [2.05, 4.69) is 11.4 Å². The van der Waals surface area contributed by atoms with Gasteiger partial charge in [0, 0.05) is 11.6 Å². The quantitative estimate of drug-likeness (QED) is 0.345. The van der Waals surface area contributed by atoms with Crippen LogP contribution in [0.5, 0.6) is 5.75 Å². The highest BCUT2D eigenvalue weighted by molar-refractivity contribution is 7.20. The average molecular weight is 589 g/mol. The van der Waals surface area contributed by atoms with Crippen molar-refractivity contribution in [1.29, 1.82) is 5.26 Å². The smallest absolute Gasteiger partial charge is 0.346 e. The lowest BCUT2D eigenvalue weighted by Crippen LogP contribution is -2.56. The summed E-state index contributed by atoms with van der Waals surface area (Å²) in [5.74, 6) is -2.77. The Balaban J connectivity index is 2.39. The number of carbonyl (C=O) groups is 2. The molecule has 13 heteroatoms. The molecule has 11 nitrogen and oxygen atoms in total. The fourth-order valence-electron chi connectivity index (χ4n) is 4.41. The Kier molecular flexibility index (Phi) is 9.40. The number of nitrogens with one attached hydrogen (secondary N) is 1. The zero-order valence-corrected chi connectivity index (χ0v) is 24.7. The highest BCUT2D eigenvalue weighted by Gasteiger charge is 2.36. The van der Waals surface area contributed by atoms with Crippen molar-refractivity contribution >= 4 is 33.4 Å². The number of carboxylic acids is 1. The molecule has 0 aliphatic rings. The Bertz CT molecular complexity index is 1650. The molecular weight excluding hydrogens is 555 g/mol. The van der Waals surface area contributed by atoms with Crippen LogP contribution in [0.25, 0.3) is 10.2 Å². The van der Waals surface area contributed by atoms with Crippen LogP contribution in [0.15, 0.2) is 27.8 Å². The number of halogens is 1. The lowest BCUT2D eigenvalue weighted by atomic mass is 10.0. The van der Waals surface area contributed by atoms with Gasteiger partial charge in [-0.25, -0.2) is 18.5 Å². The maximum Gasteiger partial charge on any atom is 0.346 e. The van der Waals surface area contributed by atoms with Crippen LogP contribution in [0.4, 0.5) is 4.39 Å². The van der Waals surface area contributed by atoms with Crippen LogP contribution in [0.1, 0.15) is 61.5 Å². The number of nitrogens with zero attached hydrogens (tertiary/aromatic N) is 3. The molecule has 2 atom stereocenters. The molecule has 2 N–H and O–H groups in total. The molecule has 0 radical (unpaired) electrons. The number of fused-ring (bicyclic) bond motifs is 1. The van der Waals surface area contributed by atoms with Crippen LogP contribution in [0.3, 0.4) is 0 Å². The first-order valence-corrected chi connectivity index (χ1v) is 13.7. The number of carboxylic acid groups (broad SMARTS) is 1. The summed E-state index contributed by atoms with van der Waals surface area (Å²) in [5.41, 5.74) is -3.00. The lowest BCUT2D eigenvalue weighted by Gasteiger charge is -2.28. The van der Waals surface area contributed by atoms with Crippen molar-refractivity contribution < 1.29 is 28.6 Å². The van der Waals surface area contributed by atoms with Gasteiger partial charge in [-0.05, 0) is 65.3 Å². The van der Waals surface area contributed by atoms with E-state index in [-0.39, 0.29) is 51.2 Å². The second-order valence-corrected chi connectivity index (χ2v) is 11.5. The molecule has 0 aliphatic heterocycles. The fraction of sp³-hybridized carbons (Fsp3) is 0.464. The van der Waals surface area contributed by atoms with Crippen LogP contribution in [-0.2, 0) is 21.6 Å². The Hall–Kier alpha value is -4.02. The van der Waals surface area contributed by atoms with E-state index in [1.807, 2.05) is 0 Å². The van der Waals surface area contributed by atoms with Crippen molar-refractivity contribution in [1.82, 2.24) is 14.5 Å². The Morgan fingerprint density at radius 2 is 1.90 bits per heavy atom. The molecule has 2 aromatic heterocycles. The molecular formula is C28H33FN4O7S. The van der Waals surface area contributed by atoms with Crippen molar-refractivity contribution in [3.63, 3.8) is 0 Å². The number of nitriles is 1. The number of benzene rings is 1. The summed E-state index contributed by atoms with van der Waals surface area (Å²) in [6, 6.07) is 5.54. The average Bonchev–Trinajstić information content (AvgIpc) is 3.25.